The SMILES string of the molecule is COc1cccc(C(=O)C(C)(C)CC(C)(C)C)c1. The van der Waals surface area contributed by atoms with Gasteiger partial charge in [-0.15, -0.1) is 0 Å². The van der Waals surface area contributed by atoms with E-state index in [2.05, 4.69) is 20.8 Å². The van der Waals surface area contributed by atoms with Crippen LogP contribution in [0.2, 0.25) is 0 Å². The zero-order chi connectivity index (χ0) is 14.0. The van der Waals surface area contributed by atoms with Crippen LogP contribution in [-0.4, -0.2) is 12.9 Å². The molecule has 18 heavy (non-hydrogen) atoms. The summed E-state index contributed by atoms with van der Waals surface area (Å²) < 4.78 is 5.17. The van der Waals surface area contributed by atoms with E-state index in [-0.39, 0.29) is 16.6 Å². The standard InChI is InChI=1S/C16H24O2/c1-15(2,3)11-16(4,5)14(17)12-8-7-9-13(10-12)18-6/h7-10H,11H2,1-6H3. The van der Waals surface area contributed by atoms with Gasteiger partial charge in [-0.25, -0.2) is 0 Å². The Labute approximate surface area is 110 Å². The molecule has 0 saturated heterocycles. The van der Waals surface area contributed by atoms with E-state index >= 15 is 0 Å². The maximum atomic E-state index is 12.6. The van der Waals surface area contributed by atoms with E-state index in [4.69, 9.17) is 4.74 Å². The first-order valence-corrected chi connectivity index (χ1v) is 6.34. The molecule has 0 atom stereocenters. The number of benzene rings is 1. The minimum Gasteiger partial charge on any atom is -0.497 e. The van der Waals surface area contributed by atoms with Crippen LogP contribution >= 0.6 is 0 Å². The summed E-state index contributed by atoms with van der Waals surface area (Å²) in [5, 5.41) is 0. The fourth-order valence-corrected chi connectivity index (χ4v) is 2.56. The van der Waals surface area contributed by atoms with Gasteiger partial charge in [0.15, 0.2) is 5.78 Å². The lowest BCUT2D eigenvalue weighted by atomic mass is 9.72. The normalized spacial score (nSPS) is 12.3. The van der Waals surface area contributed by atoms with Gasteiger partial charge in [0, 0.05) is 11.0 Å². The summed E-state index contributed by atoms with van der Waals surface area (Å²) in [6, 6.07) is 7.38. The van der Waals surface area contributed by atoms with Crippen LogP contribution in [0.3, 0.4) is 0 Å². The second-order valence-electron chi connectivity index (χ2n) is 6.68. The number of ketones is 1. The molecular formula is C16H24O2. The van der Waals surface area contributed by atoms with Gasteiger partial charge in [-0.2, -0.15) is 0 Å². The van der Waals surface area contributed by atoms with Gasteiger partial charge in [-0.05, 0) is 24.0 Å². The monoisotopic (exact) mass is 248 g/mol. The van der Waals surface area contributed by atoms with E-state index < -0.39 is 0 Å². The summed E-state index contributed by atoms with van der Waals surface area (Å²) >= 11 is 0. The van der Waals surface area contributed by atoms with Gasteiger partial charge >= 0.3 is 0 Å². The molecule has 0 radical (unpaired) electrons. The fraction of sp³-hybridized carbons (Fsp3) is 0.562. The summed E-state index contributed by atoms with van der Waals surface area (Å²) in [6.45, 7) is 10.5. The third kappa shape index (κ3) is 3.86. The molecule has 1 aromatic rings. The van der Waals surface area contributed by atoms with Gasteiger partial charge in [-0.1, -0.05) is 46.8 Å². The number of Topliss-reactive ketones (excluding diaryl/α,β-unsaturated/α-hetero) is 1. The van der Waals surface area contributed by atoms with E-state index in [0.717, 1.165) is 17.7 Å². The highest BCUT2D eigenvalue weighted by atomic mass is 16.5. The van der Waals surface area contributed by atoms with E-state index in [9.17, 15) is 4.79 Å². The number of carbonyl (C=O) groups is 1. The van der Waals surface area contributed by atoms with E-state index in [1.165, 1.54) is 0 Å². The highest BCUT2D eigenvalue weighted by Gasteiger charge is 2.33. The van der Waals surface area contributed by atoms with Crippen LogP contribution in [0, 0.1) is 10.8 Å². The predicted molar refractivity (Wildman–Crippen MR) is 75.2 cm³/mol. The Hall–Kier alpha value is -1.31. The third-order valence-corrected chi connectivity index (χ3v) is 2.92. The topological polar surface area (TPSA) is 26.3 Å². The molecule has 0 aliphatic carbocycles. The van der Waals surface area contributed by atoms with Crippen LogP contribution < -0.4 is 4.74 Å². The molecule has 0 fully saturated rings. The molecule has 0 N–H and O–H groups in total. The highest BCUT2D eigenvalue weighted by Crippen LogP contribution is 2.36. The van der Waals surface area contributed by atoms with Crippen LogP contribution in [0.1, 0.15) is 51.4 Å². The van der Waals surface area contributed by atoms with Gasteiger partial charge < -0.3 is 4.74 Å². The molecule has 0 aromatic heterocycles. The highest BCUT2D eigenvalue weighted by molar-refractivity contribution is 6.00. The second-order valence-corrected chi connectivity index (χ2v) is 6.68. The summed E-state index contributed by atoms with van der Waals surface area (Å²) in [5.74, 6) is 0.906. The average Bonchev–Trinajstić information content (AvgIpc) is 2.25. The molecule has 0 unspecified atom stereocenters. The number of hydrogen-bond acceptors (Lipinski definition) is 2. The lowest BCUT2D eigenvalue weighted by molar-refractivity contribution is 0.0770. The van der Waals surface area contributed by atoms with Crippen LogP contribution in [0.15, 0.2) is 24.3 Å². The molecule has 2 nitrogen and oxygen atoms in total. The van der Waals surface area contributed by atoms with Crippen molar-refractivity contribution in [2.75, 3.05) is 7.11 Å². The van der Waals surface area contributed by atoms with Crippen molar-refractivity contribution in [3.8, 4) is 5.75 Å². The molecule has 0 spiro atoms. The first-order valence-electron chi connectivity index (χ1n) is 6.34. The quantitative estimate of drug-likeness (QED) is 0.741. The van der Waals surface area contributed by atoms with E-state index in [1.54, 1.807) is 7.11 Å². The van der Waals surface area contributed by atoms with Crippen molar-refractivity contribution in [1.82, 2.24) is 0 Å². The Kier molecular flexibility index (Phi) is 4.20. The zero-order valence-corrected chi connectivity index (χ0v) is 12.3. The third-order valence-electron chi connectivity index (χ3n) is 2.92. The van der Waals surface area contributed by atoms with Gasteiger partial charge in [0.1, 0.15) is 5.75 Å². The minimum atomic E-state index is -0.357. The largest absolute Gasteiger partial charge is 0.497 e. The summed E-state index contributed by atoms with van der Waals surface area (Å²) in [6.07, 6.45) is 0.857. The number of hydrogen-bond donors (Lipinski definition) is 0. The van der Waals surface area contributed by atoms with E-state index in [0.29, 0.717) is 0 Å². The molecular weight excluding hydrogens is 224 g/mol. The molecule has 0 aliphatic rings. The number of carbonyl (C=O) groups excluding carboxylic acids is 1. The van der Waals surface area contributed by atoms with Gasteiger partial charge in [0.2, 0.25) is 0 Å². The predicted octanol–water partition coefficient (Wildman–Crippen LogP) is 4.34. The number of rotatable bonds is 4. The van der Waals surface area contributed by atoms with Crippen molar-refractivity contribution in [2.45, 2.75) is 41.0 Å². The first-order chi connectivity index (χ1) is 8.15. The first kappa shape index (κ1) is 14.7. The Balaban J connectivity index is 2.98. The maximum absolute atomic E-state index is 12.6. The lowest BCUT2D eigenvalue weighted by Crippen LogP contribution is -2.29. The van der Waals surface area contributed by atoms with Crippen LogP contribution in [0.5, 0.6) is 5.75 Å². The Morgan fingerprint density at radius 2 is 1.78 bits per heavy atom. The molecule has 0 saturated carbocycles. The minimum absolute atomic E-state index is 0.137. The second kappa shape index (κ2) is 5.13. The van der Waals surface area contributed by atoms with Crippen molar-refractivity contribution in [2.24, 2.45) is 10.8 Å². The van der Waals surface area contributed by atoms with Crippen molar-refractivity contribution in [3.63, 3.8) is 0 Å². The van der Waals surface area contributed by atoms with Crippen molar-refractivity contribution >= 4 is 5.78 Å². The molecule has 2 heteroatoms. The summed E-state index contributed by atoms with van der Waals surface area (Å²) in [5.41, 5.74) is 0.506. The maximum Gasteiger partial charge on any atom is 0.168 e. The molecule has 100 valence electrons. The number of ether oxygens (including phenoxy) is 1. The molecule has 1 aromatic carbocycles. The zero-order valence-electron chi connectivity index (χ0n) is 12.3. The molecule has 1 rings (SSSR count). The van der Waals surface area contributed by atoms with Gasteiger partial charge in [0.05, 0.1) is 7.11 Å². The number of methoxy groups -OCH3 is 1. The van der Waals surface area contributed by atoms with Crippen molar-refractivity contribution in [3.05, 3.63) is 29.8 Å². The van der Waals surface area contributed by atoms with Crippen LogP contribution in [0.4, 0.5) is 0 Å². The molecule has 0 bridgehead atoms. The summed E-state index contributed by atoms with van der Waals surface area (Å²) in [7, 11) is 1.61. The lowest BCUT2D eigenvalue weighted by Gasteiger charge is -2.31. The molecule has 0 amide bonds. The molecule has 0 heterocycles. The summed E-state index contributed by atoms with van der Waals surface area (Å²) in [4.78, 5) is 12.6. The van der Waals surface area contributed by atoms with Gasteiger partial charge in [0.25, 0.3) is 0 Å². The Bertz CT molecular complexity index is 425. The molecule has 0 aliphatic heterocycles. The fourth-order valence-electron chi connectivity index (χ4n) is 2.56. The van der Waals surface area contributed by atoms with Crippen LogP contribution in [-0.2, 0) is 0 Å². The Morgan fingerprint density at radius 1 is 1.17 bits per heavy atom. The Morgan fingerprint density at radius 3 is 2.28 bits per heavy atom. The smallest absolute Gasteiger partial charge is 0.168 e. The van der Waals surface area contributed by atoms with Crippen molar-refractivity contribution < 1.29 is 9.53 Å². The van der Waals surface area contributed by atoms with Gasteiger partial charge in [-0.3, -0.25) is 4.79 Å². The average molecular weight is 248 g/mol. The van der Waals surface area contributed by atoms with Crippen LogP contribution in [0.25, 0.3) is 0 Å². The van der Waals surface area contributed by atoms with Crippen molar-refractivity contribution in [1.29, 1.82) is 0 Å². The van der Waals surface area contributed by atoms with E-state index in [1.807, 2.05) is 38.1 Å².